The highest BCUT2D eigenvalue weighted by Crippen LogP contribution is 2.13. The van der Waals surface area contributed by atoms with Gasteiger partial charge in [0.05, 0.1) is 6.54 Å². The zero-order valence-electron chi connectivity index (χ0n) is 9.57. The predicted octanol–water partition coefficient (Wildman–Crippen LogP) is 0.313. The summed E-state index contributed by atoms with van der Waals surface area (Å²) in [6.45, 7) is 1.69. The second kappa shape index (κ2) is 5.86. The van der Waals surface area contributed by atoms with Crippen LogP contribution >= 0.6 is 0 Å². The lowest BCUT2D eigenvalue weighted by Gasteiger charge is -2.08. The molecule has 0 aliphatic rings. The number of hydrogen-bond donors (Lipinski definition) is 4. The van der Waals surface area contributed by atoms with Crippen LogP contribution in [0, 0.1) is 0 Å². The highest BCUT2D eigenvalue weighted by molar-refractivity contribution is 5.91. The van der Waals surface area contributed by atoms with Crippen LogP contribution in [0.3, 0.4) is 0 Å². The lowest BCUT2D eigenvalue weighted by molar-refractivity contribution is -0.117. The minimum Gasteiger partial charge on any atom is -0.368 e. The first-order valence-electron chi connectivity index (χ1n) is 5.17. The molecule has 1 rings (SSSR count). The first kappa shape index (κ1) is 13.0. The summed E-state index contributed by atoms with van der Waals surface area (Å²) in [5.41, 5.74) is 12.2. The van der Waals surface area contributed by atoms with E-state index < -0.39 is 11.9 Å². The molecular formula is C11H16N4O2. The fourth-order valence-electron chi connectivity index (χ4n) is 1.21. The van der Waals surface area contributed by atoms with Crippen molar-refractivity contribution in [1.82, 2.24) is 5.32 Å². The van der Waals surface area contributed by atoms with Crippen molar-refractivity contribution in [2.45, 2.75) is 13.0 Å². The van der Waals surface area contributed by atoms with Crippen molar-refractivity contribution in [3.63, 3.8) is 0 Å². The van der Waals surface area contributed by atoms with E-state index in [9.17, 15) is 9.59 Å². The van der Waals surface area contributed by atoms with E-state index >= 15 is 0 Å². The van der Waals surface area contributed by atoms with Gasteiger partial charge in [-0.3, -0.25) is 4.79 Å². The lowest BCUT2D eigenvalue weighted by Crippen LogP contribution is -2.36. The van der Waals surface area contributed by atoms with Gasteiger partial charge in [-0.1, -0.05) is 12.1 Å². The molecule has 3 amide bonds. The Balaban J connectivity index is 2.51. The molecule has 0 bridgehead atoms. The molecule has 0 saturated heterocycles. The summed E-state index contributed by atoms with van der Waals surface area (Å²) in [6.07, 6.45) is 0. The average molecular weight is 236 g/mol. The third-order valence-electron chi connectivity index (χ3n) is 2.12. The van der Waals surface area contributed by atoms with Gasteiger partial charge in [0.25, 0.3) is 0 Å². The van der Waals surface area contributed by atoms with Crippen LogP contribution in [-0.4, -0.2) is 18.5 Å². The second-order valence-electron chi connectivity index (χ2n) is 3.68. The molecular weight excluding hydrogens is 220 g/mol. The molecule has 17 heavy (non-hydrogen) atoms. The van der Waals surface area contributed by atoms with Gasteiger partial charge in [-0.15, -0.1) is 0 Å². The third-order valence-corrected chi connectivity index (χ3v) is 2.12. The molecule has 0 saturated carbocycles. The molecule has 1 unspecified atom stereocenters. The van der Waals surface area contributed by atoms with Gasteiger partial charge in [-0.05, 0) is 24.6 Å². The normalized spacial score (nSPS) is 11.6. The molecule has 0 heterocycles. The Morgan fingerprint density at radius 3 is 2.35 bits per heavy atom. The number of anilines is 1. The Hall–Kier alpha value is -2.08. The smallest absolute Gasteiger partial charge is 0.319 e. The summed E-state index contributed by atoms with van der Waals surface area (Å²) in [4.78, 5) is 21.7. The summed E-state index contributed by atoms with van der Waals surface area (Å²) in [7, 11) is 0. The van der Waals surface area contributed by atoms with Crippen molar-refractivity contribution in [2.75, 3.05) is 11.9 Å². The van der Waals surface area contributed by atoms with E-state index in [-0.39, 0.29) is 12.6 Å². The Bertz CT molecular complexity index is 400. The zero-order valence-corrected chi connectivity index (χ0v) is 9.57. The Morgan fingerprint density at radius 1 is 1.29 bits per heavy atom. The molecule has 0 spiro atoms. The first-order valence-corrected chi connectivity index (χ1v) is 5.17. The molecule has 1 atom stereocenters. The molecule has 6 nitrogen and oxygen atoms in total. The summed E-state index contributed by atoms with van der Waals surface area (Å²) in [5.74, 6) is -0.590. The van der Waals surface area contributed by atoms with E-state index in [1.807, 2.05) is 19.1 Å². The fraction of sp³-hybridized carbons (Fsp3) is 0.273. The SMILES string of the molecule is CC(N)c1ccc(NC(=O)NCC(N)=O)cc1. The molecule has 92 valence electrons. The van der Waals surface area contributed by atoms with Crippen LogP contribution in [0.5, 0.6) is 0 Å². The van der Waals surface area contributed by atoms with E-state index in [4.69, 9.17) is 11.5 Å². The van der Waals surface area contributed by atoms with Gasteiger partial charge in [0.2, 0.25) is 5.91 Å². The van der Waals surface area contributed by atoms with Gasteiger partial charge < -0.3 is 22.1 Å². The molecule has 0 aliphatic heterocycles. The van der Waals surface area contributed by atoms with Gasteiger partial charge in [0.1, 0.15) is 0 Å². The lowest BCUT2D eigenvalue weighted by atomic mass is 10.1. The second-order valence-corrected chi connectivity index (χ2v) is 3.68. The monoisotopic (exact) mass is 236 g/mol. The van der Waals surface area contributed by atoms with E-state index in [1.165, 1.54) is 0 Å². The quantitative estimate of drug-likeness (QED) is 0.604. The average Bonchev–Trinajstić information content (AvgIpc) is 2.27. The van der Waals surface area contributed by atoms with Crippen molar-refractivity contribution in [1.29, 1.82) is 0 Å². The standard InChI is InChI=1S/C11H16N4O2/c1-7(12)8-2-4-9(5-3-8)15-11(17)14-6-10(13)16/h2-5,7H,6,12H2,1H3,(H2,13,16)(H2,14,15,17). The van der Waals surface area contributed by atoms with Crippen LogP contribution < -0.4 is 22.1 Å². The number of amides is 3. The van der Waals surface area contributed by atoms with E-state index in [0.717, 1.165) is 5.56 Å². The molecule has 0 aliphatic carbocycles. The Kier molecular flexibility index (Phi) is 4.47. The van der Waals surface area contributed by atoms with Gasteiger partial charge in [-0.2, -0.15) is 0 Å². The number of primary amides is 1. The number of hydrogen-bond acceptors (Lipinski definition) is 3. The maximum Gasteiger partial charge on any atom is 0.319 e. The number of carbonyl (C=O) groups excluding carboxylic acids is 2. The predicted molar refractivity (Wildman–Crippen MR) is 65.3 cm³/mol. The van der Waals surface area contributed by atoms with Crippen LogP contribution in [0.1, 0.15) is 18.5 Å². The minimum absolute atomic E-state index is 0.0484. The van der Waals surface area contributed by atoms with E-state index in [1.54, 1.807) is 12.1 Å². The Morgan fingerprint density at radius 2 is 1.88 bits per heavy atom. The van der Waals surface area contributed by atoms with E-state index in [2.05, 4.69) is 10.6 Å². The third kappa shape index (κ3) is 4.52. The van der Waals surface area contributed by atoms with Gasteiger partial charge >= 0.3 is 6.03 Å². The van der Waals surface area contributed by atoms with Crippen molar-refractivity contribution in [2.24, 2.45) is 11.5 Å². The molecule has 1 aromatic rings. The number of rotatable bonds is 4. The topological polar surface area (TPSA) is 110 Å². The Labute approximate surface area is 99.4 Å². The zero-order chi connectivity index (χ0) is 12.8. The summed E-state index contributed by atoms with van der Waals surface area (Å²) >= 11 is 0. The maximum absolute atomic E-state index is 11.3. The summed E-state index contributed by atoms with van der Waals surface area (Å²) in [5, 5.41) is 4.88. The minimum atomic E-state index is -0.590. The van der Waals surface area contributed by atoms with Crippen LogP contribution in [0.25, 0.3) is 0 Å². The van der Waals surface area contributed by atoms with Crippen LogP contribution in [-0.2, 0) is 4.79 Å². The molecule has 6 N–H and O–H groups in total. The molecule has 0 radical (unpaired) electrons. The van der Waals surface area contributed by atoms with Gasteiger partial charge in [0, 0.05) is 11.7 Å². The summed E-state index contributed by atoms with van der Waals surface area (Å²) < 4.78 is 0. The van der Waals surface area contributed by atoms with E-state index in [0.29, 0.717) is 5.69 Å². The van der Waals surface area contributed by atoms with Crippen LogP contribution in [0.15, 0.2) is 24.3 Å². The number of urea groups is 1. The van der Waals surface area contributed by atoms with Crippen molar-refractivity contribution in [3.05, 3.63) is 29.8 Å². The van der Waals surface area contributed by atoms with Gasteiger partial charge in [-0.25, -0.2) is 4.79 Å². The number of nitrogens with two attached hydrogens (primary N) is 2. The maximum atomic E-state index is 11.3. The fourth-order valence-corrected chi connectivity index (χ4v) is 1.21. The number of benzene rings is 1. The summed E-state index contributed by atoms with van der Waals surface area (Å²) in [6, 6.07) is 6.61. The van der Waals surface area contributed by atoms with Crippen molar-refractivity contribution < 1.29 is 9.59 Å². The highest BCUT2D eigenvalue weighted by Gasteiger charge is 2.03. The first-order chi connectivity index (χ1) is 7.99. The van der Waals surface area contributed by atoms with Crippen molar-refractivity contribution in [3.8, 4) is 0 Å². The van der Waals surface area contributed by atoms with Crippen LogP contribution in [0.2, 0.25) is 0 Å². The molecule has 6 heteroatoms. The highest BCUT2D eigenvalue weighted by atomic mass is 16.2. The molecule has 1 aromatic carbocycles. The van der Waals surface area contributed by atoms with Crippen LogP contribution in [0.4, 0.5) is 10.5 Å². The van der Waals surface area contributed by atoms with Crippen molar-refractivity contribution >= 4 is 17.6 Å². The molecule has 0 fully saturated rings. The van der Waals surface area contributed by atoms with Gasteiger partial charge in [0.15, 0.2) is 0 Å². The molecule has 0 aromatic heterocycles. The number of nitrogens with one attached hydrogen (secondary N) is 2. The largest absolute Gasteiger partial charge is 0.368 e. The number of carbonyl (C=O) groups is 2.